The number of carboxylic acids is 1. The average Bonchev–Trinajstić information content (AvgIpc) is 2.25. The van der Waals surface area contributed by atoms with Gasteiger partial charge in [-0.05, 0) is 12.8 Å². The standard InChI is InChI=1S/C14H24O2/c1-2-3-4-5-6-7-8-9-10-11-12-13-14(15)16/h2,5-13H2,1H3,(H,15,16). The molecular weight excluding hydrogens is 200 g/mol. The maximum absolute atomic E-state index is 10.2. The summed E-state index contributed by atoms with van der Waals surface area (Å²) in [6.07, 6.45) is 10.4. The second-order valence-corrected chi connectivity index (χ2v) is 4.08. The van der Waals surface area contributed by atoms with Crippen LogP contribution in [0.2, 0.25) is 0 Å². The van der Waals surface area contributed by atoms with Crippen LogP contribution in [0.25, 0.3) is 0 Å². The minimum Gasteiger partial charge on any atom is -0.481 e. The molecule has 0 fully saturated rings. The van der Waals surface area contributed by atoms with E-state index in [1.54, 1.807) is 0 Å². The monoisotopic (exact) mass is 224 g/mol. The fourth-order valence-corrected chi connectivity index (χ4v) is 1.59. The van der Waals surface area contributed by atoms with Gasteiger partial charge in [0.05, 0.1) is 0 Å². The molecule has 0 aromatic rings. The molecule has 0 aromatic carbocycles. The van der Waals surface area contributed by atoms with Gasteiger partial charge in [0.1, 0.15) is 0 Å². The lowest BCUT2D eigenvalue weighted by Gasteiger charge is -1.99. The highest BCUT2D eigenvalue weighted by Crippen LogP contribution is 2.09. The van der Waals surface area contributed by atoms with Gasteiger partial charge in [0.2, 0.25) is 0 Å². The summed E-state index contributed by atoms with van der Waals surface area (Å²) < 4.78 is 0. The predicted molar refractivity (Wildman–Crippen MR) is 67.3 cm³/mol. The van der Waals surface area contributed by atoms with Gasteiger partial charge in [-0.25, -0.2) is 0 Å². The molecule has 0 saturated carbocycles. The fraction of sp³-hybridized carbons (Fsp3) is 0.786. The van der Waals surface area contributed by atoms with Gasteiger partial charge in [-0.1, -0.05) is 39.0 Å². The van der Waals surface area contributed by atoms with Gasteiger partial charge >= 0.3 is 5.97 Å². The van der Waals surface area contributed by atoms with Crippen molar-refractivity contribution in [1.29, 1.82) is 0 Å². The first kappa shape index (κ1) is 15.0. The summed E-state index contributed by atoms with van der Waals surface area (Å²) in [7, 11) is 0. The highest BCUT2D eigenvalue weighted by Gasteiger charge is 1.96. The van der Waals surface area contributed by atoms with E-state index in [9.17, 15) is 4.79 Å². The van der Waals surface area contributed by atoms with E-state index in [2.05, 4.69) is 18.8 Å². The molecule has 16 heavy (non-hydrogen) atoms. The van der Waals surface area contributed by atoms with E-state index in [1.807, 2.05) is 0 Å². The molecule has 0 saturated heterocycles. The molecule has 0 bridgehead atoms. The quantitative estimate of drug-likeness (QED) is 0.475. The van der Waals surface area contributed by atoms with E-state index in [0.717, 1.165) is 25.7 Å². The second-order valence-electron chi connectivity index (χ2n) is 4.08. The smallest absolute Gasteiger partial charge is 0.303 e. The molecule has 0 aliphatic rings. The molecule has 0 aliphatic heterocycles. The summed E-state index contributed by atoms with van der Waals surface area (Å²) in [5, 5.41) is 8.44. The minimum absolute atomic E-state index is 0.326. The van der Waals surface area contributed by atoms with Crippen LogP contribution in [0.5, 0.6) is 0 Å². The van der Waals surface area contributed by atoms with Gasteiger partial charge in [0.25, 0.3) is 0 Å². The van der Waals surface area contributed by atoms with Crippen molar-refractivity contribution < 1.29 is 9.90 Å². The average molecular weight is 224 g/mol. The van der Waals surface area contributed by atoms with Crippen LogP contribution in [0.1, 0.15) is 71.1 Å². The summed E-state index contributed by atoms with van der Waals surface area (Å²) >= 11 is 0. The Labute approximate surface area is 99.4 Å². The van der Waals surface area contributed by atoms with Crippen molar-refractivity contribution in [3.63, 3.8) is 0 Å². The summed E-state index contributed by atoms with van der Waals surface area (Å²) in [5.41, 5.74) is 0. The Kier molecular flexibility index (Phi) is 11.4. The third-order valence-electron chi connectivity index (χ3n) is 2.49. The van der Waals surface area contributed by atoms with Crippen LogP contribution in [0.4, 0.5) is 0 Å². The number of hydrogen-bond acceptors (Lipinski definition) is 1. The lowest BCUT2D eigenvalue weighted by molar-refractivity contribution is -0.137. The molecule has 0 unspecified atom stereocenters. The first-order valence-electron chi connectivity index (χ1n) is 6.45. The molecule has 92 valence electrons. The summed E-state index contributed by atoms with van der Waals surface area (Å²) in [4.78, 5) is 10.2. The number of rotatable bonds is 9. The fourth-order valence-electron chi connectivity index (χ4n) is 1.59. The lowest BCUT2D eigenvalue weighted by atomic mass is 10.1. The molecule has 1 N–H and O–H groups in total. The van der Waals surface area contributed by atoms with E-state index in [-0.39, 0.29) is 0 Å². The van der Waals surface area contributed by atoms with Gasteiger partial charge in [-0.3, -0.25) is 4.79 Å². The van der Waals surface area contributed by atoms with Crippen LogP contribution in [-0.2, 0) is 4.79 Å². The molecule has 0 radical (unpaired) electrons. The zero-order valence-electron chi connectivity index (χ0n) is 10.4. The normalized spacial score (nSPS) is 9.56. The molecule has 2 heteroatoms. The highest BCUT2D eigenvalue weighted by molar-refractivity contribution is 5.66. The van der Waals surface area contributed by atoms with Crippen LogP contribution >= 0.6 is 0 Å². The Balaban J connectivity index is 3.01. The zero-order valence-corrected chi connectivity index (χ0v) is 10.4. The maximum atomic E-state index is 10.2. The first-order chi connectivity index (χ1) is 7.77. The van der Waals surface area contributed by atoms with Gasteiger partial charge in [0.15, 0.2) is 0 Å². The van der Waals surface area contributed by atoms with Crippen LogP contribution in [0.3, 0.4) is 0 Å². The zero-order chi connectivity index (χ0) is 12.1. The number of unbranched alkanes of at least 4 members (excludes halogenated alkanes) is 7. The van der Waals surface area contributed by atoms with Crippen LogP contribution in [0, 0.1) is 11.8 Å². The Hall–Kier alpha value is -0.970. The SMILES string of the molecule is CCC#CCCCCCCCCCC(=O)O. The van der Waals surface area contributed by atoms with Crippen molar-refractivity contribution in [2.24, 2.45) is 0 Å². The van der Waals surface area contributed by atoms with Crippen molar-refractivity contribution in [2.45, 2.75) is 71.1 Å². The Morgan fingerprint density at radius 2 is 1.50 bits per heavy atom. The van der Waals surface area contributed by atoms with Crippen molar-refractivity contribution in [3.05, 3.63) is 0 Å². The number of carboxylic acid groups (broad SMARTS) is 1. The molecule has 0 rings (SSSR count). The van der Waals surface area contributed by atoms with Crippen LogP contribution < -0.4 is 0 Å². The predicted octanol–water partition coefficient (Wildman–Crippen LogP) is 4.00. The molecule has 0 aromatic heterocycles. The van der Waals surface area contributed by atoms with Gasteiger partial charge in [-0.15, -0.1) is 11.8 Å². The van der Waals surface area contributed by atoms with Crippen molar-refractivity contribution in [3.8, 4) is 11.8 Å². The van der Waals surface area contributed by atoms with Crippen molar-refractivity contribution >= 4 is 5.97 Å². The van der Waals surface area contributed by atoms with Gasteiger partial charge in [0, 0.05) is 19.3 Å². The molecule has 0 amide bonds. The van der Waals surface area contributed by atoms with Crippen LogP contribution in [0.15, 0.2) is 0 Å². The Bertz CT molecular complexity index is 223. The molecule has 2 nitrogen and oxygen atoms in total. The largest absolute Gasteiger partial charge is 0.481 e. The van der Waals surface area contributed by atoms with Gasteiger partial charge < -0.3 is 5.11 Å². The molecule has 0 spiro atoms. The second kappa shape index (κ2) is 12.1. The number of hydrogen-bond donors (Lipinski definition) is 1. The summed E-state index contributed by atoms with van der Waals surface area (Å²) in [6.45, 7) is 2.07. The Morgan fingerprint density at radius 3 is 2.06 bits per heavy atom. The van der Waals surface area contributed by atoms with E-state index in [1.165, 1.54) is 32.1 Å². The number of carbonyl (C=O) groups is 1. The van der Waals surface area contributed by atoms with Crippen LogP contribution in [-0.4, -0.2) is 11.1 Å². The highest BCUT2D eigenvalue weighted by atomic mass is 16.4. The van der Waals surface area contributed by atoms with E-state index in [0.29, 0.717) is 6.42 Å². The summed E-state index contributed by atoms with van der Waals surface area (Å²) in [6, 6.07) is 0. The van der Waals surface area contributed by atoms with E-state index in [4.69, 9.17) is 5.11 Å². The third kappa shape index (κ3) is 13.0. The van der Waals surface area contributed by atoms with Crippen molar-refractivity contribution in [1.82, 2.24) is 0 Å². The molecule has 0 heterocycles. The van der Waals surface area contributed by atoms with E-state index < -0.39 is 5.97 Å². The third-order valence-corrected chi connectivity index (χ3v) is 2.49. The topological polar surface area (TPSA) is 37.3 Å². The van der Waals surface area contributed by atoms with Crippen molar-refractivity contribution in [2.75, 3.05) is 0 Å². The first-order valence-corrected chi connectivity index (χ1v) is 6.45. The molecule has 0 atom stereocenters. The van der Waals surface area contributed by atoms with Gasteiger partial charge in [-0.2, -0.15) is 0 Å². The van der Waals surface area contributed by atoms with E-state index >= 15 is 0 Å². The Morgan fingerprint density at radius 1 is 0.938 bits per heavy atom. The number of aliphatic carboxylic acids is 1. The molecule has 0 aliphatic carbocycles. The summed E-state index contributed by atoms with van der Waals surface area (Å²) in [5.74, 6) is 5.54. The molecular formula is C14H24O2. The minimum atomic E-state index is -0.672. The lowest BCUT2D eigenvalue weighted by Crippen LogP contribution is -1.93. The maximum Gasteiger partial charge on any atom is 0.303 e.